The summed E-state index contributed by atoms with van der Waals surface area (Å²) in [6.45, 7) is 1.80. The van der Waals surface area contributed by atoms with Gasteiger partial charge in [-0.25, -0.2) is 9.78 Å². The zero-order chi connectivity index (χ0) is 20.4. The molecular formula is C21H16ClN3O4. The predicted molar refractivity (Wildman–Crippen MR) is 109 cm³/mol. The van der Waals surface area contributed by atoms with Crippen LogP contribution in [-0.2, 0) is 19.1 Å². The Balaban J connectivity index is 1.70. The van der Waals surface area contributed by atoms with Gasteiger partial charge in [0.05, 0.1) is 6.61 Å². The van der Waals surface area contributed by atoms with Crippen LogP contribution in [0.5, 0.6) is 0 Å². The number of nitrogens with one attached hydrogen (secondary N) is 2. The summed E-state index contributed by atoms with van der Waals surface area (Å²) in [6.07, 6.45) is 4.95. The molecule has 0 atom stereocenters. The Morgan fingerprint density at radius 1 is 1.31 bits per heavy atom. The van der Waals surface area contributed by atoms with Gasteiger partial charge in [0.15, 0.2) is 11.3 Å². The molecule has 0 saturated heterocycles. The van der Waals surface area contributed by atoms with E-state index < -0.39 is 11.8 Å². The van der Waals surface area contributed by atoms with Crippen LogP contribution in [0.4, 0.5) is 5.69 Å². The number of carbonyl (C=O) groups is 2. The lowest BCUT2D eigenvalue weighted by Crippen LogP contribution is -2.16. The minimum absolute atomic E-state index is 0.00858. The van der Waals surface area contributed by atoms with Crippen LogP contribution in [0.15, 0.2) is 66.0 Å². The van der Waals surface area contributed by atoms with Gasteiger partial charge in [0.2, 0.25) is 11.7 Å². The Kier molecular flexibility index (Phi) is 5.05. The van der Waals surface area contributed by atoms with Crippen molar-refractivity contribution in [3.63, 3.8) is 0 Å². The van der Waals surface area contributed by atoms with Gasteiger partial charge < -0.3 is 19.8 Å². The van der Waals surface area contributed by atoms with Gasteiger partial charge >= 0.3 is 5.97 Å². The third-order valence-electron chi connectivity index (χ3n) is 4.24. The summed E-state index contributed by atoms with van der Waals surface area (Å²) in [5.74, 6) is -1.29. The molecule has 29 heavy (non-hydrogen) atoms. The summed E-state index contributed by atoms with van der Waals surface area (Å²) in [5, 5.41) is 4.34. The van der Waals surface area contributed by atoms with Crippen molar-refractivity contribution < 1.29 is 19.1 Å². The fourth-order valence-electron chi connectivity index (χ4n) is 2.91. The van der Waals surface area contributed by atoms with E-state index in [1.54, 1.807) is 55.7 Å². The molecule has 2 N–H and O–H groups in total. The molecule has 1 aromatic carbocycles. The number of halogens is 1. The number of fused-ring (bicyclic) bond motifs is 1. The lowest BCUT2D eigenvalue weighted by atomic mass is 10.1. The van der Waals surface area contributed by atoms with Gasteiger partial charge in [-0.3, -0.25) is 4.79 Å². The fourth-order valence-corrected chi connectivity index (χ4v) is 3.03. The maximum atomic E-state index is 12.9. The molecule has 2 aromatic heterocycles. The summed E-state index contributed by atoms with van der Waals surface area (Å²) in [7, 11) is 0. The Bertz CT molecular complexity index is 1160. The maximum Gasteiger partial charge on any atom is 0.347 e. The average Bonchev–Trinajstić information content (AvgIpc) is 3.25. The second-order valence-corrected chi connectivity index (χ2v) is 6.58. The molecule has 0 spiro atoms. The van der Waals surface area contributed by atoms with Gasteiger partial charge in [-0.1, -0.05) is 11.6 Å². The predicted octanol–water partition coefficient (Wildman–Crippen LogP) is 4.04. The minimum atomic E-state index is -0.752. The van der Waals surface area contributed by atoms with E-state index in [-0.39, 0.29) is 23.8 Å². The molecule has 3 aromatic rings. The summed E-state index contributed by atoms with van der Waals surface area (Å²) < 4.78 is 10.8. The molecule has 0 aliphatic carbocycles. The normalized spacial score (nSPS) is 15.1. The number of Topliss-reactive ketones (excluding diaryl/α,β-unsaturated/α-hetero) is 1. The monoisotopic (exact) mass is 409 g/mol. The van der Waals surface area contributed by atoms with Gasteiger partial charge in [-0.05, 0) is 49.4 Å². The third-order valence-corrected chi connectivity index (χ3v) is 4.49. The molecule has 146 valence electrons. The number of esters is 1. The van der Waals surface area contributed by atoms with Crippen molar-refractivity contribution in [1.29, 1.82) is 0 Å². The number of aromatic nitrogens is 2. The zero-order valence-electron chi connectivity index (χ0n) is 15.4. The van der Waals surface area contributed by atoms with Crippen LogP contribution >= 0.6 is 11.6 Å². The molecule has 4 rings (SSSR count). The molecule has 0 saturated carbocycles. The SMILES string of the molecule is CCOC(=O)C1=C(Nc2ccc(Cl)cc2)O/C(=C\c2c[nH]c3ncccc23)C1=O. The molecule has 0 bridgehead atoms. The van der Waals surface area contributed by atoms with Gasteiger partial charge in [-0.2, -0.15) is 0 Å². The maximum absolute atomic E-state index is 12.9. The number of rotatable bonds is 5. The second-order valence-electron chi connectivity index (χ2n) is 6.14. The van der Waals surface area contributed by atoms with E-state index in [4.69, 9.17) is 21.1 Å². The lowest BCUT2D eigenvalue weighted by Gasteiger charge is -2.08. The van der Waals surface area contributed by atoms with Crippen molar-refractivity contribution in [2.75, 3.05) is 11.9 Å². The lowest BCUT2D eigenvalue weighted by molar-refractivity contribution is -0.139. The molecule has 1 aliphatic rings. The molecule has 0 amide bonds. The topological polar surface area (TPSA) is 93.3 Å². The highest BCUT2D eigenvalue weighted by Crippen LogP contribution is 2.30. The third kappa shape index (κ3) is 3.72. The second kappa shape index (κ2) is 7.81. The number of pyridine rings is 1. The fraction of sp³-hybridized carbons (Fsp3) is 0.0952. The highest BCUT2D eigenvalue weighted by Gasteiger charge is 2.37. The number of ether oxygens (including phenoxy) is 2. The van der Waals surface area contributed by atoms with Crippen LogP contribution in [0.3, 0.4) is 0 Å². The highest BCUT2D eigenvalue weighted by atomic mass is 35.5. The first-order valence-electron chi connectivity index (χ1n) is 8.87. The number of hydrogen-bond donors (Lipinski definition) is 2. The number of aromatic amines is 1. The Labute approximate surface area is 171 Å². The Morgan fingerprint density at radius 2 is 2.10 bits per heavy atom. The van der Waals surface area contributed by atoms with Crippen molar-refractivity contribution in [3.8, 4) is 0 Å². The summed E-state index contributed by atoms with van der Waals surface area (Å²) in [6, 6.07) is 10.4. The van der Waals surface area contributed by atoms with Crippen molar-refractivity contribution in [3.05, 3.63) is 76.6 Å². The standard InChI is InChI=1S/C21H16ClN3O4/c1-2-28-21(27)17-18(26)16(10-12-11-24-19-15(12)4-3-9-23-19)29-20(17)25-14-7-5-13(22)6-8-14/h3-11,25H,2H2,1H3,(H,23,24)/b16-10-. The molecule has 8 heteroatoms. The first-order chi connectivity index (χ1) is 14.1. The smallest absolute Gasteiger partial charge is 0.347 e. The van der Waals surface area contributed by atoms with Crippen LogP contribution in [-0.4, -0.2) is 28.3 Å². The Hall–Kier alpha value is -3.58. The molecule has 0 unspecified atom stereocenters. The number of hydrogen-bond acceptors (Lipinski definition) is 6. The number of allylic oxidation sites excluding steroid dienone is 1. The molecule has 7 nitrogen and oxygen atoms in total. The zero-order valence-corrected chi connectivity index (χ0v) is 16.1. The van der Waals surface area contributed by atoms with E-state index in [0.29, 0.717) is 21.9 Å². The van der Waals surface area contributed by atoms with E-state index >= 15 is 0 Å². The van der Waals surface area contributed by atoms with Crippen molar-refractivity contribution in [1.82, 2.24) is 9.97 Å². The highest BCUT2D eigenvalue weighted by molar-refractivity contribution is 6.30. The molecule has 0 fully saturated rings. The summed E-state index contributed by atoms with van der Waals surface area (Å²) >= 11 is 5.91. The van der Waals surface area contributed by atoms with Crippen LogP contribution < -0.4 is 5.32 Å². The summed E-state index contributed by atoms with van der Waals surface area (Å²) in [5.41, 5.74) is 1.82. The van der Waals surface area contributed by atoms with Crippen molar-refractivity contribution in [2.45, 2.75) is 6.92 Å². The van der Waals surface area contributed by atoms with Crippen LogP contribution in [0.25, 0.3) is 17.1 Å². The van der Waals surface area contributed by atoms with Crippen LogP contribution in [0, 0.1) is 0 Å². The van der Waals surface area contributed by atoms with Gasteiger partial charge in [0.1, 0.15) is 5.65 Å². The van der Waals surface area contributed by atoms with Gasteiger partial charge in [0.25, 0.3) is 0 Å². The molecular weight excluding hydrogens is 394 g/mol. The van der Waals surface area contributed by atoms with Crippen LogP contribution in [0.2, 0.25) is 5.02 Å². The van der Waals surface area contributed by atoms with Gasteiger partial charge in [0, 0.05) is 34.1 Å². The van der Waals surface area contributed by atoms with Crippen molar-refractivity contribution >= 4 is 46.2 Å². The number of benzene rings is 1. The first-order valence-corrected chi connectivity index (χ1v) is 9.25. The van der Waals surface area contributed by atoms with E-state index in [1.165, 1.54) is 0 Å². The van der Waals surface area contributed by atoms with E-state index in [2.05, 4.69) is 15.3 Å². The largest absolute Gasteiger partial charge is 0.462 e. The molecule has 3 heterocycles. The minimum Gasteiger partial charge on any atom is -0.462 e. The number of H-pyrrole nitrogens is 1. The quantitative estimate of drug-likeness (QED) is 0.375. The number of anilines is 1. The number of ketones is 1. The Morgan fingerprint density at radius 3 is 2.86 bits per heavy atom. The molecule has 0 radical (unpaired) electrons. The van der Waals surface area contributed by atoms with Gasteiger partial charge in [-0.15, -0.1) is 0 Å². The van der Waals surface area contributed by atoms with Crippen molar-refractivity contribution in [2.24, 2.45) is 0 Å². The average molecular weight is 410 g/mol. The van der Waals surface area contributed by atoms with E-state index in [0.717, 1.165) is 5.39 Å². The van der Waals surface area contributed by atoms with E-state index in [1.807, 2.05) is 6.07 Å². The van der Waals surface area contributed by atoms with E-state index in [9.17, 15) is 9.59 Å². The molecule has 1 aliphatic heterocycles. The van der Waals surface area contributed by atoms with Crippen LogP contribution in [0.1, 0.15) is 12.5 Å². The number of nitrogens with zero attached hydrogens (tertiary/aromatic N) is 1. The summed E-state index contributed by atoms with van der Waals surface area (Å²) in [4.78, 5) is 32.5. The number of carbonyl (C=O) groups excluding carboxylic acids is 2. The first kappa shape index (κ1) is 18.8.